The van der Waals surface area contributed by atoms with Gasteiger partial charge in [0.1, 0.15) is 9.84 Å². The molecule has 0 bridgehead atoms. The number of halogens is 1. The van der Waals surface area contributed by atoms with Gasteiger partial charge in [-0.05, 0) is 28.1 Å². The molecule has 0 radical (unpaired) electrons. The number of nitrogens with one attached hydrogen (secondary N) is 1. The normalized spacial score (nSPS) is 16.7. The Morgan fingerprint density at radius 3 is 2.55 bits per heavy atom. The zero-order valence-corrected chi connectivity index (χ0v) is 15.6. The van der Waals surface area contributed by atoms with Crippen molar-refractivity contribution in [3.05, 3.63) is 20.8 Å². The zero-order valence-electron chi connectivity index (χ0n) is 12.4. The average Bonchev–Trinajstić information content (AvgIpc) is 2.83. The molecule has 1 saturated heterocycles. The monoisotopic (exact) mass is 409 g/mol. The molecule has 1 N–H and O–H groups in total. The van der Waals surface area contributed by atoms with Crippen LogP contribution in [0.1, 0.15) is 4.88 Å². The highest BCUT2D eigenvalue weighted by Crippen LogP contribution is 2.23. The van der Waals surface area contributed by atoms with E-state index in [1.54, 1.807) is 16.2 Å². The van der Waals surface area contributed by atoms with E-state index >= 15 is 0 Å². The Kier molecular flexibility index (Phi) is 6.25. The summed E-state index contributed by atoms with van der Waals surface area (Å²) in [6, 6.07) is 3.98. The number of carbonyl (C=O) groups excluding carboxylic acids is 1. The summed E-state index contributed by atoms with van der Waals surface area (Å²) in [5.74, 6) is -0.0219. The molecule has 0 saturated carbocycles. The molecule has 124 valence electrons. The van der Waals surface area contributed by atoms with Gasteiger partial charge in [0.15, 0.2) is 0 Å². The molecule has 1 fully saturated rings. The van der Waals surface area contributed by atoms with Crippen LogP contribution in [0.4, 0.5) is 4.79 Å². The van der Waals surface area contributed by atoms with Gasteiger partial charge in [-0.3, -0.25) is 4.90 Å². The van der Waals surface area contributed by atoms with Crippen molar-refractivity contribution in [1.29, 1.82) is 0 Å². The second-order valence-electron chi connectivity index (χ2n) is 5.33. The molecule has 0 atom stereocenters. The van der Waals surface area contributed by atoms with Crippen molar-refractivity contribution in [1.82, 2.24) is 15.1 Å². The fourth-order valence-corrected chi connectivity index (χ4v) is 4.22. The highest BCUT2D eigenvalue weighted by Gasteiger charge is 2.21. The quantitative estimate of drug-likeness (QED) is 0.797. The van der Waals surface area contributed by atoms with E-state index in [1.165, 1.54) is 11.1 Å². The highest BCUT2D eigenvalue weighted by molar-refractivity contribution is 9.11. The van der Waals surface area contributed by atoms with Gasteiger partial charge >= 0.3 is 6.03 Å². The van der Waals surface area contributed by atoms with Gasteiger partial charge in [-0.2, -0.15) is 0 Å². The number of hydrogen-bond donors (Lipinski definition) is 1. The Morgan fingerprint density at radius 1 is 1.32 bits per heavy atom. The molecule has 2 amide bonds. The first kappa shape index (κ1) is 17.7. The lowest BCUT2D eigenvalue weighted by atomic mass is 10.3. The smallest absolute Gasteiger partial charge is 0.317 e. The predicted molar refractivity (Wildman–Crippen MR) is 92.0 cm³/mol. The molecule has 0 aliphatic carbocycles. The number of nitrogens with zero attached hydrogens (tertiary/aromatic N) is 2. The van der Waals surface area contributed by atoms with Gasteiger partial charge in [0.2, 0.25) is 0 Å². The Morgan fingerprint density at radius 2 is 2.00 bits per heavy atom. The van der Waals surface area contributed by atoms with Crippen LogP contribution < -0.4 is 5.32 Å². The lowest BCUT2D eigenvalue weighted by molar-refractivity contribution is 0.136. The van der Waals surface area contributed by atoms with Crippen molar-refractivity contribution >= 4 is 43.1 Å². The van der Waals surface area contributed by atoms with Gasteiger partial charge in [0.25, 0.3) is 0 Å². The molecule has 1 aliphatic heterocycles. The minimum absolute atomic E-state index is 0.0219. The first-order chi connectivity index (χ1) is 10.3. The highest BCUT2D eigenvalue weighted by atomic mass is 79.9. The van der Waals surface area contributed by atoms with E-state index in [-0.39, 0.29) is 18.3 Å². The fraction of sp³-hybridized carbons (Fsp3) is 0.615. The number of amides is 2. The maximum Gasteiger partial charge on any atom is 0.317 e. The predicted octanol–water partition coefficient (Wildman–Crippen LogP) is 1.38. The summed E-state index contributed by atoms with van der Waals surface area (Å²) < 4.78 is 23.2. The summed E-state index contributed by atoms with van der Waals surface area (Å²) >= 11 is 5.19. The van der Waals surface area contributed by atoms with Crippen LogP contribution in [-0.4, -0.2) is 69.0 Å². The van der Waals surface area contributed by atoms with Gasteiger partial charge in [0.05, 0.1) is 9.54 Å². The van der Waals surface area contributed by atoms with E-state index in [9.17, 15) is 13.2 Å². The molecule has 22 heavy (non-hydrogen) atoms. The van der Waals surface area contributed by atoms with Crippen molar-refractivity contribution < 1.29 is 13.2 Å². The lowest BCUT2D eigenvalue weighted by Gasteiger charge is -2.34. The van der Waals surface area contributed by atoms with Crippen molar-refractivity contribution in [2.75, 3.05) is 44.7 Å². The molecule has 0 aromatic carbocycles. The number of hydrogen-bond acceptors (Lipinski definition) is 5. The number of piperazine rings is 1. The van der Waals surface area contributed by atoms with Gasteiger partial charge in [0, 0.05) is 50.4 Å². The van der Waals surface area contributed by atoms with E-state index in [0.29, 0.717) is 13.1 Å². The van der Waals surface area contributed by atoms with E-state index in [4.69, 9.17) is 0 Å². The van der Waals surface area contributed by atoms with Crippen LogP contribution in [0.15, 0.2) is 15.9 Å². The Bertz CT molecular complexity index is 610. The largest absolute Gasteiger partial charge is 0.337 e. The molecule has 1 aliphatic rings. The molecular formula is C13H20BrN3O3S2. The van der Waals surface area contributed by atoms with E-state index in [2.05, 4.69) is 32.2 Å². The summed E-state index contributed by atoms with van der Waals surface area (Å²) in [7, 11) is -3.04. The molecule has 0 unspecified atom stereocenters. The van der Waals surface area contributed by atoms with Gasteiger partial charge in [-0.25, -0.2) is 13.2 Å². The van der Waals surface area contributed by atoms with E-state index < -0.39 is 9.84 Å². The lowest BCUT2D eigenvalue weighted by Crippen LogP contribution is -2.51. The van der Waals surface area contributed by atoms with Gasteiger partial charge < -0.3 is 10.2 Å². The maximum absolute atomic E-state index is 11.9. The van der Waals surface area contributed by atoms with Crippen molar-refractivity contribution in [2.24, 2.45) is 0 Å². The molecule has 1 aromatic heterocycles. The standard InChI is InChI=1S/C13H20BrN3O3S2/c1-22(19,20)9-4-15-13(18)17-7-5-16(6-8-17)10-11-2-3-12(14)21-11/h2-3H,4-10H2,1H3,(H,15,18). The third-order valence-corrected chi connectivity index (χ3v) is 5.97. The third-order valence-electron chi connectivity index (χ3n) is 3.42. The maximum atomic E-state index is 11.9. The first-order valence-corrected chi connectivity index (χ1v) is 10.7. The molecule has 0 spiro atoms. The number of carbonyl (C=O) groups is 1. The minimum Gasteiger partial charge on any atom is -0.337 e. The molecule has 2 heterocycles. The zero-order chi connectivity index (χ0) is 16.2. The Hall–Kier alpha value is -0.640. The van der Waals surface area contributed by atoms with Gasteiger partial charge in [-0.15, -0.1) is 11.3 Å². The van der Waals surface area contributed by atoms with Crippen molar-refractivity contribution in [3.63, 3.8) is 0 Å². The van der Waals surface area contributed by atoms with Gasteiger partial charge in [-0.1, -0.05) is 0 Å². The number of urea groups is 1. The second kappa shape index (κ2) is 7.76. The second-order valence-corrected chi connectivity index (χ2v) is 10.1. The molecule has 2 rings (SSSR count). The number of rotatable bonds is 5. The molecular weight excluding hydrogens is 390 g/mol. The van der Waals surface area contributed by atoms with Crippen LogP contribution in [-0.2, 0) is 16.4 Å². The summed E-state index contributed by atoms with van der Waals surface area (Å²) in [4.78, 5) is 17.3. The third kappa shape index (κ3) is 5.86. The Labute approximate surface area is 143 Å². The van der Waals surface area contributed by atoms with Crippen LogP contribution >= 0.6 is 27.3 Å². The molecule has 6 nitrogen and oxygen atoms in total. The van der Waals surface area contributed by atoms with E-state index in [0.717, 1.165) is 23.4 Å². The summed E-state index contributed by atoms with van der Waals surface area (Å²) in [6.07, 6.45) is 1.17. The summed E-state index contributed by atoms with van der Waals surface area (Å²) in [6.45, 7) is 4.06. The molecule has 9 heteroatoms. The summed E-state index contributed by atoms with van der Waals surface area (Å²) in [5, 5.41) is 2.66. The topological polar surface area (TPSA) is 69.7 Å². The van der Waals surface area contributed by atoms with Crippen LogP contribution in [0.25, 0.3) is 0 Å². The number of sulfone groups is 1. The van der Waals surface area contributed by atoms with Crippen molar-refractivity contribution in [2.45, 2.75) is 6.54 Å². The molecule has 1 aromatic rings. The average molecular weight is 410 g/mol. The van der Waals surface area contributed by atoms with Crippen LogP contribution in [0.2, 0.25) is 0 Å². The van der Waals surface area contributed by atoms with Crippen LogP contribution in [0, 0.1) is 0 Å². The number of thiophene rings is 1. The van der Waals surface area contributed by atoms with E-state index in [1.807, 2.05) is 6.07 Å². The SMILES string of the molecule is CS(=O)(=O)CCNC(=O)N1CCN(Cc2ccc(Br)s2)CC1. The minimum atomic E-state index is -3.04. The Balaban J connectivity index is 1.71. The van der Waals surface area contributed by atoms with Crippen LogP contribution in [0.5, 0.6) is 0 Å². The van der Waals surface area contributed by atoms with Crippen LogP contribution in [0.3, 0.4) is 0 Å². The van der Waals surface area contributed by atoms with Crippen molar-refractivity contribution in [3.8, 4) is 0 Å². The summed E-state index contributed by atoms with van der Waals surface area (Å²) in [5.41, 5.74) is 0. The fourth-order valence-electron chi connectivity index (χ4n) is 2.22. The first-order valence-electron chi connectivity index (χ1n) is 7.00.